The Hall–Kier alpha value is -3.09. The summed E-state index contributed by atoms with van der Waals surface area (Å²) < 4.78 is 39.5. The van der Waals surface area contributed by atoms with Crippen LogP contribution in [0.25, 0.3) is 6.08 Å². The van der Waals surface area contributed by atoms with Crippen LogP contribution in [0.5, 0.6) is 17.2 Å². The molecule has 0 radical (unpaired) electrons. The van der Waals surface area contributed by atoms with Crippen LogP contribution >= 0.6 is 0 Å². The average Bonchev–Trinajstić information content (AvgIpc) is 2.62. The minimum Gasteiger partial charge on any atom is -0.493 e. The minimum absolute atomic E-state index is 0.0743. The average molecular weight is 363 g/mol. The predicted molar refractivity (Wildman–Crippen MR) is 94.9 cm³/mol. The second-order valence-electron chi connectivity index (χ2n) is 5.04. The molecule has 0 heterocycles. The quantitative estimate of drug-likeness (QED) is 0.709. The first-order valence-corrected chi connectivity index (χ1v) is 7.87. The van der Waals surface area contributed by atoms with Crippen LogP contribution in [0.1, 0.15) is 12.5 Å². The molecule has 2 rings (SSSR count). The fourth-order valence-corrected chi connectivity index (χ4v) is 2.18. The molecule has 0 aromatic heterocycles. The third-order valence-corrected chi connectivity index (χ3v) is 3.28. The van der Waals surface area contributed by atoms with Gasteiger partial charge in [-0.3, -0.25) is 4.79 Å². The zero-order chi connectivity index (χ0) is 18.9. The van der Waals surface area contributed by atoms with E-state index in [2.05, 4.69) is 10.1 Å². The summed E-state index contributed by atoms with van der Waals surface area (Å²) in [6, 6.07) is 11.5. The van der Waals surface area contributed by atoms with Gasteiger partial charge in [-0.25, -0.2) is 0 Å². The summed E-state index contributed by atoms with van der Waals surface area (Å²) in [5.41, 5.74) is 1.15. The monoisotopic (exact) mass is 363 g/mol. The van der Waals surface area contributed by atoms with Crippen molar-refractivity contribution < 1.29 is 27.8 Å². The van der Waals surface area contributed by atoms with Crippen molar-refractivity contribution in [1.29, 1.82) is 0 Å². The molecule has 0 atom stereocenters. The molecule has 0 unspecified atom stereocenters. The van der Waals surface area contributed by atoms with E-state index in [-0.39, 0.29) is 17.4 Å². The first-order chi connectivity index (χ1) is 12.5. The predicted octanol–water partition coefficient (Wildman–Crippen LogP) is 4.35. The van der Waals surface area contributed by atoms with E-state index in [1.165, 1.54) is 37.5 Å². The van der Waals surface area contributed by atoms with E-state index < -0.39 is 6.61 Å². The van der Waals surface area contributed by atoms with Crippen molar-refractivity contribution in [2.75, 3.05) is 19.0 Å². The molecular weight excluding hydrogens is 344 g/mol. The van der Waals surface area contributed by atoms with Crippen LogP contribution in [0.3, 0.4) is 0 Å². The van der Waals surface area contributed by atoms with Gasteiger partial charge in [0, 0.05) is 6.08 Å². The Balaban J connectivity index is 2.08. The number of carbonyl (C=O) groups excluding carboxylic acids is 1. The normalized spacial score (nSPS) is 10.8. The number of carbonyl (C=O) groups is 1. The van der Waals surface area contributed by atoms with Gasteiger partial charge in [-0.05, 0) is 42.8 Å². The maximum absolute atomic E-state index is 12.3. The second kappa shape index (κ2) is 9.41. The van der Waals surface area contributed by atoms with Gasteiger partial charge < -0.3 is 19.5 Å². The molecule has 138 valence electrons. The molecule has 2 aromatic rings. The Kier molecular flexibility index (Phi) is 6.96. The maximum atomic E-state index is 12.3. The highest BCUT2D eigenvalue weighted by molar-refractivity contribution is 6.02. The zero-order valence-electron chi connectivity index (χ0n) is 14.4. The molecule has 5 nitrogen and oxygen atoms in total. The first-order valence-electron chi connectivity index (χ1n) is 7.87. The Morgan fingerprint density at radius 3 is 2.62 bits per heavy atom. The molecule has 0 saturated carbocycles. The number of para-hydroxylation sites is 2. The van der Waals surface area contributed by atoms with Crippen LogP contribution in [0, 0.1) is 0 Å². The van der Waals surface area contributed by atoms with Gasteiger partial charge in [-0.1, -0.05) is 18.2 Å². The van der Waals surface area contributed by atoms with Crippen molar-refractivity contribution in [3.63, 3.8) is 0 Å². The van der Waals surface area contributed by atoms with Crippen molar-refractivity contribution in [2.45, 2.75) is 13.5 Å². The van der Waals surface area contributed by atoms with E-state index >= 15 is 0 Å². The van der Waals surface area contributed by atoms with Crippen molar-refractivity contribution >= 4 is 17.7 Å². The van der Waals surface area contributed by atoms with Crippen molar-refractivity contribution in [3.8, 4) is 17.2 Å². The number of ether oxygens (including phenoxy) is 3. The minimum atomic E-state index is -2.94. The lowest BCUT2D eigenvalue weighted by atomic mass is 10.2. The van der Waals surface area contributed by atoms with Gasteiger partial charge in [0.2, 0.25) is 5.91 Å². The SMILES string of the molecule is CCOc1ccccc1NC(=O)/C=C/c1ccc(OC(F)F)c(OC)c1. The number of nitrogens with one attached hydrogen (secondary N) is 1. The molecule has 0 fully saturated rings. The van der Waals surface area contributed by atoms with Crippen molar-refractivity contribution in [2.24, 2.45) is 0 Å². The molecular formula is C19H19F2NO4. The molecule has 0 spiro atoms. The van der Waals surface area contributed by atoms with Gasteiger partial charge in [0.15, 0.2) is 11.5 Å². The second-order valence-corrected chi connectivity index (χ2v) is 5.04. The summed E-state index contributed by atoms with van der Waals surface area (Å²) in [5, 5.41) is 2.73. The molecule has 26 heavy (non-hydrogen) atoms. The Morgan fingerprint density at radius 2 is 1.92 bits per heavy atom. The van der Waals surface area contributed by atoms with Crippen LogP contribution in [0.2, 0.25) is 0 Å². The number of benzene rings is 2. The Bertz CT molecular complexity index is 778. The molecule has 1 amide bonds. The first kappa shape index (κ1) is 19.2. The molecule has 0 saturated heterocycles. The maximum Gasteiger partial charge on any atom is 0.387 e. The molecule has 0 aliphatic carbocycles. The molecule has 1 N–H and O–H groups in total. The summed E-state index contributed by atoms with van der Waals surface area (Å²) in [6.45, 7) is -0.607. The Morgan fingerprint density at radius 1 is 1.15 bits per heavy atom. The largest absolute Gasteiger partial charge is 0.493 e. The summed E-state index contributed by atoms with van der Waals surface area (Å²) in [4.78, 5) is 12.1. The number of halogens is 2. The van der Waals surface area contributed by atoms with E-state index in [1.807, 2.05) is 13.0 Å². The lowest BCUT2D eigenvalue weighted by molar-refractivity contribution is -0.111. The molecule has 0 aliphatic heterocycles. The number of anilines is 1. The fourth-order valence-electron chi connectivity index (χ4n) is 2.18. The highest BCUT2D eigenvalue weighted by Gasteiger charge is 2.10. The summed E-state index contributed by atoms with van der Waals surface area (Å²) in [5.74, 6) is 0.292. The van der Waals surface area contributed by atoms with Crippen LogP contribution in [-0.2, 0) is 4.79 Å². The number of methoxy groups -OCH3 is 1. The van der Waals surface area contributed by atoms with Crippen LogP contribution in [0.15, 0.2) is 48.5 Å². The number of rotatable bonds is 8. The van der Waals surface area contributed by atoms with E-state index in [0.717, 1.165) is 0 Å². The summed E-state index contributed by atoms with van der Waals surface area (Å²) in [6.07, 6.45) is 2.86. The van der Waals surface area contributed by atoms with E-state index in [1.54, 1.807) is 18.2 Å². The number of alkyl halides is 2. The van der Waals surface area contributed by atoms with E-state index in [4.69, 9.17) is 9.47 Å². The lowest BCUT2D eigenvalue weighted by Crippen LogP contribution is -2.09. The van der Waals surface area contributed by atoms with Gasteiger partial charge in [0.1, 0.15) is 5.75 Å². The van der Waals surface area contributed by atoms with Gasteiger partial charge in [-0.2, -0.15) is 8.78 Å². The standard InChI is InChI=1S/C19H19F2NO4/c1-3-25-15-7-5-4-6-14(15)22-18(23)11-9-13-8-10-16(26-19(20)21)17(12-13)24-2/h4-12,19H,3H2,1-2H3,(H,22,23)/b11-9+. The van der Waals surface area contributed by atoms with Crippen LogP contribution < -0.4 is 19.5 Å². The smallest absolute Gasteiger partial charge is 0.387 e. The lowest BCUT2D eigenvalue weighted by Gasteiger charge is -2.10. The van der Waals surface area contributed by atoms with Gasteiger partial charge in [0.25, 0.3) is 0 Å². The van der Waals surface area contributed by atoms with Crippen molar-refractivity contribution in [3.05, 3.63) is 54.1 Å². The number of amides is 1. The summed E-state index contributed by atoms with van der Waals surface area (Å²) >= 11 is 0. The van der Waals surface area contributed by atoms with Gasteiger partial charge >= 0.3 is 6.61 Å². The highest BCUT2D eigenvalue weighted by atomic mass is 19.3. The molecule has 0 aliphatic rings. The van der Waals surface area contributed by atoms with E-state index in [9.17, 15) is 13.6 Å². The van der Waals surface area contributed by atoms with Gasteiger partial charge in [0.05, 0.1) is 19.4 Å². The third kappa shape index (κ3) is 5.47. The third-order valence-electron chi connectivity index (χ3n) is 3.28. The number of hydrogen-bond acceptors (Lipinski definition) is 4. The van der Waals surface area contributed by atoms with Crippen molar-refractivity contribution in [1.82, 2.24) is 0 Å². The molecule has 7 heteroatoms. The highest BCUT2D eigenvalue weighted by Crippen LogP contribution is 2.30. The number of hydrogen-bond donors (Lipinski definition) is 1. The molecule has 2 aromatic carbocycles. The van der Waals surface area contributed by atoms with E-state index in [0.29, 0.717) is 23.6 Å². The zero-order valence-corrected chi connectivity index (χ0v) is 14.4. The van der Waals surface area contributed by atoms with Gasteiger partial charge in [-0.15, -0.1) is 0 Å². The summed E-state index contributed by atoms with van der Waals surface area (Å²) in [7, 11) is 1.35. The van der Waals surface area contributed by atoms with Crippen LogP contribution in [-0.4, -0.2) is 26.2 Å². The Labute approximate surface area is 150 Å². The fraction of sp³-hybridized carbons (Fsp3) is 0.211. The van der Waals surface area contributed by atoms with Crippen LogP contribution in [0.4, 0.5) is 14.5 Å². The topological polar surface area (TPSA) is 56.8 Å². The molecule has 0 bridgehead atoms.